The summed E-state index contributed by atoms with van der Waals surface area (Å²) in [6.45, 7) is 2.52. The number of hydrogen-bond acceptors (Lipinski definition) is 4. The lowest BCUT2D eigenvalue weighted by Crippen LogP contribution is -2.33. The van der Waals surface area contributed by atoms with Crippen LogP contribution in [-0.2, 0) is 11.3 Å². The van der Waals surface area contributed by atoms with E-state index >= 15 is 0 Å². The van der Waals surface area contributed by atoms with Gasteiger partial charge in [-0.3, -0.25) is 9.59 Å². The molecule has 1 atom stereocenters. The van der Waals surface area contributed by atoms with Crippen LogP contribution in [0.5, 0.6) is 0 Å². The average molecular weight is 316 g/mol. The van der Waals surface area contributed by atoms with E-state index in [0.29, 0.717) is 13.0 Å². The summed E-state index contributed by atoms with van der Waals surface area (Å²) in [7, 11) is 0. The molecular weight excluding hydrogens is 296 g/mol. The van der Waals surface area contributed by atoms with Crippen LogP contribution in [-0.4, -0.2) is 38.5 Å². The summed E-state index contributed by atoms with van der Waals surface area (Å²) in [6, 6.07) is 9.71. The first-order valence-electron chi connectivity index (χ1n) is 7.55. The van der Waals surface area contributed by atoms with Gasteiger partial charge in [-0.1, -0.05) is 48.9 Å². The number of rotatable bonds is 8. The highest BCUT2D eigenvalue weighted by Gasteiger charge is 2.18. The van der Waals surface area contributed by atoms with Crippen LogP contribution in [0.1, 0.15) is 35.8 Å². The maximum atomic E-state index is 12.0. The number of amides is 1. The van der Waals surface area contributed by atoms with Crippen LogP contribution in [0, 0.1) is 5.92 Å². The minimum absolute atomic E-state index is 0.0908. The molecule has 0 saturated carbocycles. The fraction of sp³-hybridized carbons (Fsp3) is 0.375. The zero-order valence-electron chi connectivity index (χ0n) is 13.0. The van der Waals surface area contributed by atoms with Crippen molar-refractivity contribution in [3.05, 3.63) is 47.8 Å². The monoisotopic (exact) mass is 316 g/mol. The minimum atomic E-state index is -0.903. The molecule has 0 aliphatic carbocycles. The van der Waals surface area contributed by atoms with Crippen molar-refractivity contribution < 1.29 is 14.7 Å². The van der Waals surface area contributed by atoms with E-state index in [0.717, 1.165) is 12.0 Å². The van der Waals surface area contributed by atoms with E-state index in [-0.39, 0.29) is 12.2 Å². The van der Waals surface area contributed by atoms with E-state index < -0.39 is 17.8 Å². The van der Waals surface area contributed by atoms with Gasteiger partial charge in [0.15, 0.2) is 5.69 Å². The first-order chi connectivity index (χ1) is 11.1. The Bertz CT molecular complexity index is 654. The normalized spacial score (nSPS) is 11.9. The lowest BCUT2D eigenvalue weighted by atomic mass is 10.0. The molecule has 0 spiro atoms. The molecule has 1 unspecified atom stereocenters. The van der Waals surface area contributed by atoms with Gasteiger partial charge >= 0.3 is 5.97 Å². The summed E-state index contributed by atoms with van der Waals surface area (Å²) < 4.78 is 1.57. The topological polar surface area (TPSA) is 97.1 Å². The molecule has 1 aromatic heterocycles. The van der Waals surface area contributed by atoms with Crippen molar-refractivity contribution in [3.63, 3.8) is 0 Å². The minimum Gasteiger partial charge on any atom is -0.481 e. The fourth-order valence-electron chi connectivity index (χ4n) is 2.22. The molecule has 7 heteroatoms. The third-order valence-corrected chi connectivity index (χ3v) is 3.45. The van der Waals surface area contributed by atoms with Gasteiger partial charge in [-0.15, -0.1) is 5.10 Å². The molecule has 1 aromatic carbocycles. The summed E-state index contributed by atoms with van der Waals surface area (Å²) in [5, 5.41) is 19.4. The molecule has 1 heterocycles. The molecule has 7 nitrogen and oxygen atoms in total. The summed E-state index contributed by atoms with van der Waals surface area (Å²) in [5.41, 5.74) is 1.24. The molecule has 0 aliphatic rings. The van der Waals surface area contributed by atoms with Gasteiger partial charge in [0.25, 0.3) is 5.91 Å². The van der Waals surface area contributed by atoms with Crippen LogP contribution < -0.4 is 5.32 Å². The second-order valence-electron chi connectivity index (χ2n) is 5.32. The van der Waals surface area contributed by atoms with Gasteiger partial charge in [-0.05, 0) is 12.0 Å². The first-order valence-corrected chi connectivity index (χ1v) is 7.55. The molecule has 0 fully saturated rings. The lowest BCUT2D eigenvalue weighted by molar-refractivity contribution is -0.141. The van der Waals surface area contributed by atoms with Gasteiger partial charge in [0.2, 0.25) is 0 Å². The summed E-state index contributed by atoms with van der Waals surface area (Å²) in [5.74, 6) is -1.89. The number of hydrogen-bond donors (Lipinski definition) is 2. The van der Waals surface area contributed by atoms with Crippen LogP contribution in [0.3, 0.4) is 0 Å². The molecule has 0 bridgehead atoms. The number of carboxylic acids is 1. The van der Waals surface area contributed by atoms with E-state index in [1.165, 1.54) is 0 Å². The molecule has 0 radical (unpaired) electrons. The summed E-state index contributed by atoms with van der Waals surface area (Å²) >= 11 is 0. The largest absolute Gasteiger partial charge is 0.481 e. The van der Waals surface area contributed by atoms with Gasteiger partial charge in [0.1, 0.15) is 0 Å². The van der Waals surface area contributed by atoms with Crippen molar-refractivity contribution in [2.45, 2.75) is 26.3 Å². The Morgan fingerprint density at radius 3 is 2.70 bits per heavy atom. The molecule has 0 aliphatic heterocycles. The van der Waals surface area contributed by atoms with Gasteiger partial charge in [0, 0.05) is 6.54 Å². The predicted molar refractivity (Wildman–Crippen MR) is 83.9 cm³/mol. The Hall–Kier alpha value is -2.70. The highest BCUT2D eigenvalue weighted by Crippen LogP contribution is 2.06. The van der Waals surface area contributed by atoms with Crippen LogP contribution in [0.4, 0.5) is 0 Å². The van der Waals surface area contributed by atoms with Gasteiger partial charge in [-0.2, -0.15) is 0 Å². The van der Waals surface area contributed by atoms with Crippen LogP contribution in [0.15, 0.2) is 36.5 Å². The van der Waals surface area contributed by atoms with Crippen molar-refractivity contribution >= 4 is 11.9 Å². The van der Waals surface area contributed by atoms with E-state index in [4.69, 9.17) is 5.11 Å². The first kappa shape index (κ1) is 16.7. The predicted octanol–water partition coefficient (Wildman–Crippen LogP) is 1.56. The van der Waals surface area contributed by atoms with E-state index in [9.17, 15) is 9.59 Å². The molecule has 2 aromatic rings. The average Bonchev–Trinajstić information content (AvgIpc) is 3.00. The second-order valence-corrected chi connectivity index (χ2v) is 5.32. The Labute approximate surface area is 134 Å². The Balaban J connectivity index is 1.92. The number of nitrogens with one attached hydrogen (secondary N) is 1. The summed E-state index contributed by atoms with van der Waals surface area (Å²) in [6.07, 6.45) is 2.83. The van der Waals surface area contributed by atoms with Gasteiger partial charge < -0.3 is 10.4 Å². The molecule has 1 amide bonds. The number of aliphatic carboxylic acids is 1. The Morgan fingerprint density at radius 2 is 2.04 bits per heavy atom. The standard InChI is InChI=1S/C16H20N4O3/c1-2-6-13(16(22)23)9-17-15(21)14-11-20(19-18-14)10-12-7-4-3-5-8-12/h3-5,7-8,11,13H,2,6,9-10H2,1H3,(H,17,21)(H,22,23). The number of carbonyl (C=O) groups excluding carboxylic acids is 1. The maximum absolute atomic E-state index is 12.0. The second kappa shape index (κ2) is 8.07. The van der Waals surface area contributed by atoms with Crippen LogP contribution in [0.25, 0.3) is 0 Å². The number of carboxylic acid groups (broad SMARTS) is 1. The van der Waals surface area contributed by atoms with Crippen molar-refractivity contribution in [1.82, 2.24) is 20.3 Å². The van der Waals surface area contributed by atoms with E-state index in [1.54, 1.807) is 10.9 Å². The molecule has 2 rings (SSSR count). The zero-order chi connectivity index (χ0) is 16.7. The molecule has 0 saturated heterocycles. The quantitative estimate of drug-likeness (QED) is 0.770. The van der Waals surface area contributed by atoms with Crippen molar-refractivity contribution in [3.8, 4) is 0 Å². The van der Waals surface area contributed by atoms with E-state index in [2.05, 4.69) is 15.6 Å². The third-order valence-electron chi connectivity index (χ3n) is 3.45. The number of carbonyl (C=O) groups is 2. The smallest absolute Gasteiger partial charge is 0.308 e. The summed E-state index contributed by atoms with van der Waals surface area (Å²) in [4.78, 5) is 23.1. The number of benzene rings is 1. The molecule has 2 N–H and O–H groups in total. The van der Waals surface area contributed by atoms with Crippen LogP contribution >= 0.6 is 0 Å². The fourth-order valence-corrected chi connectivity index (χ4v) is 2.22. The number of nitrogens with zero attached hydrogens (tertiary/aromatic N) is 3. The van der Waals surface area contributed by atoms with Crippen molar-refractivity contribution in [1.29, 1.82) is 0 Å². The lowest BCUT2D eigenvalue weighted by Gasteiger charge is -2.11. The van der Waals surface area contributed by atoms with Crippen molar-refractivity contribution in [2.75, 3.05) is 6.54 Å². The number of aromatic nitrogens is 3. The van der Waals surface area contributed by atoms with Crippen molar-refractivity contribution in [2.24, 2.45) is 5.92 Å². The highest BCUT2D eigenvalue weighted by molar-refractivity contribution is 5.92. The Kier molecular flexibility index (Phi) is 5.85. The maximum Gasteiger partial charge on any atom is 0.308 e. The van der Waals surface area contributed by atoms with Gasteiger partial charge in [0.05, 0.1) is 18.7 Å². The SMILES string of the molecule is CCCC(CNC(=O)c1cn(Cc2ccccc2)nn1)C(=O)O. The van der Waals surface area contributed by atoms with Crippen LogP contribution in [0.2, 0.25) is 0 Å². The molecule has 122 valence electrons. The van der Waals surface area contributed by atoms with E-state index in [1.807, 2.05) is 37.3 Å². The molecular formula is C16H20N4O3. The zero-order valence-corrected chi connectivity index (χ0v) is 13.0. The van der Waals surface area contributed by atoms with Gasteiger partial charge in [-0.25, -0.2) is 4.68 Å². The Morgan fingerprint density at radius 1 is 1.30 bits per heavy atom. The molecule has 23 heavy (non-hydrogen) atoms. The third kappa shape index (κ3) is 4.91. The highest BCUT2D eigenvalue weighted by atomic mass is 16.4.